The quantitative estimate of drug-likeness (QED) is 0.443. The van der Waals surface area contributed by atoms with Gasteiger partial charge in [0.1, 0.15) is 17.9 Å². The van der Waals surface area contributed by atoms with E-state index in [2.05, 4.69) is 0 Å². The van der Waals surface area contributed by atoms with Crippen molar-refractivity contribution >= 4 is 27.0 Å². The molecule has 0 unspecified atom stereocenters. The Hall–Kier alpha value is -3.21. The van der Waals surface area contributed by atoms with Crippen molar-refractivity contribution in [2.75, 3.05) is 13.1 Å². The number of sulfonamides is 1. The van der Waals surface area contributed by atoms with Crippen LogP contribution in [-0.2, 0) is 26.1 Å². The molecule has 0 aliphatic carbocycles. The highest BCUT2D eigenvalue weighted by atomic mass is 32.2. The van der Waals surface area contributed by atoms with Gasteiger partial charge in [-0.25, -0.2) is 18.0 Å². The molecule has 0 saturated carbocycles. The number of phenols is 1. The summed E-state index contributed by atoms with van der Waals surface area (Å²) in [7, 11) is -3.82. The van der Waals surface area contributed by atoms with Gasteiger partial charge in [-0.15, -0.1) is 0 Å². The zero-order chi connectivity index (χ0) is 23.8. The first-order valence-corrected chi connectivity index (χ1v) is 11.8. The minimum absolute atomic E-state index is 0.0143. The van der Waals surface area contributed by atoms with Gasteiger partial charge < -0.3 is 19.0 Å². The molecule has 0 spiro atoms. The topological polar surface area (TPSA) is 123 Å². The Balaban J connectivity index is 1.54. The van der Waals surface area contributed by atoms with Crippen LogP contribution in [0.25, 0.3) is 11.0 Å². The largest absolute Gasteiger partial charge is 0.508 e. The Morgan fingerprint density at radius 2 is 1.85 bits per heavy atom. The summed E-state index contributed by atoms with van der Waals surface area (Å²) in [5.74, 6) is -0.808. The fourth-order valence-corrected chi connectivity index (χ4v) is 5.46. The van der Waals surface area contributed by atoms with E-state index in [9.17, 15) is 23.1 Å². The number of morpholine rings is 1. The molecule has 9 nitrogen and oxygen atoms in total. The number of fused-ring (bicyclic) bond motifs is 1. The lowest BCUT2D eigenvalue weighted by Crippen LogP contribution is -2.48. The van der Waals surface area contributed by atoms with Crippen LogP contribution in [0.3, 0.4) is 0 Å². The highest BCUT2D eigenvalue weighted by Crippen LogP contribution is 2.24. The molecular weight excluding hydrogens is 450 g/mol. The number of aromatic hydroxyl groups is 1. The molecule has 0 radical (unpaired) electrons. The van der Waals surface area contributed by atoms with E-state index in [1.807, 2.05) is 0 Å². The molecule has 4 rings (SSSR count). The van der Waals surface area contributed by atoms with E-state index in [0.29, 0.717) is 10.9 Å². The monoisotopic (exact) mass is 473 g/mol. The number of phenolic OH excluding ortho intramolecular Hbond substituents is 1. The van der Waals surface area contributed by atoms with Crippen molar-refractivity contribution in [1.29, 1.82) is 0 Å². The minimum atomic E-state index is -3.82. The van der Waals surface area contributed by atoms with E-state index in [-0.39, 0.29) is 53.7 Å². The van der Waals surface area contributed by atoms with Gasteiger partial charge in [0, 0.05) is 36.2 Å². The van der Waals surface area contributed by atoms with Gasteiger partial charge in [-0.3, -0.25) is 0 Å². The third-order valence-corrected chi connectivity index (χ3v) is 7.09. The summed E-state index contributed by atoms with van der Waals surface area (Å²) in [5.41, 5.74) is -0.0261. The van der Waals surface area contributed by atoms with Gasteiger partial charge in [0.2, 0.25) is 10.0 Å². The molecule has 2 atom stereocenters. The number of esters is 1. The molecule has 1 saturated heterocycles. The second-order valence-electron chi connectivity index (χ2n) is 7.95. The predicted molar refractivity (Wildman–Crippen MR) is 118 cm³/mol. The van der Waals surface area contributed by atoms with Gasteiger partial charge in [-0.2, -0.15) is 4.31 Å². The van der Waals surface area contributed by atoms with Crippen LogP contribution in [0.15, 0.2) is 62.6 Å². The second-order valence-corrected chi connectivity index (χ2v) is 9.89. The number of rotatable bonds is 5. The van der Waals surface area contributed by atoms with E-state index in [1.165, 1.54) is 46.8 Å². The maximum absolute atomic E-state index is 13.1. The average Bonchev–Trinajstić information content (AvgIpc) is 2.76. The van der Waals surface area contributed by atoms with E-state index in [0.717, 1.165) is 0 Å². The Labute approximate surface area is 190 Å². The van der Waals surface area contributed by atoms with Crippen LogP contribution >= 0.6 is 0 Å². The number of hydrogen-bond acceptors (Lipinski definition) is 8. The van der Waals surface area contributed by atoms with E-state index >= 15 is 0 Å². The fraction of sp³-hybridized carbons (Fsp3) is 0.304. The number of nitrogens with zero attached hydrogens (tertiary/aromatic N) is 1. The number of hydrogen-bond donors (Lipinski definition) is 1. The lowest BCUT2D eigenvalue weighted by Gasteiger charge is -2.34. The number of carbonyl (C=O) groups excluding carboxylic acids is 1. The standard InChI is InChI=1S/C23H23NO8S/c1-14-11-24(12-15(2)31-14)33(28,29)19-5-3-4-16(8-19)23(27)30-13-17-9-22(26)32-21-10-18(25)6-7-20(17)21/h3-10,14-15,25H,11-13H2,1-2H3/t14-,15+. The molecule has 1 aliphatic heterocycles. The number of benzene rings is 2. The summed E-state index contributed by atoms with van der Waals surface area (Å²) in [5, 5.41) is 10.1. The summed E-state index contributed by atoms with van der Waals surface area (Å²) >= 11 is 0. The van der Waals surface area contributed by atoms with Crippen LogP contribution in [0.2, 0.25) is 0 Å². The van der Waals surface area contributed by atoms with Gasteiger partial charge in [0.25, 0.3) is 0 Å². The third kappa shape index (κ3) is 4.92. The summed E-state index contributed by atoms with van der Waals surface area (Å²) in [4.78, 5) is 24.5. The molecule has 1 fully saturated rings. The highest BCUT2D eigenvalue weighted by Gasteiger charge is 2.32. The molecule has 2 heterocycles. The lowest BCUT2D eigenvalue weighted by molar-refractivity contribution is -0.0440. The van der Waals surface area contributed by atoms with Gasteiger partial charge in [-0.05, 0) is 44.2 Å². The smallest absolute Gasteiger partial charge is 0.338 e. The van der Waals surface area contributed by atoms with E-state index in [4.69, 9.17) is 13.9 Å². The van der Waals surface area contributed by atoms with Crippen molar-refractivity contribution in [2.45, 2.75) is 37.6 Å². The zero-order valence-corrected chi connectivity index (χ0v) is 18.9. The molecule has 0 bridgehead atoms. The summed E-state index contributed by atoms with van der Waals surface area (Å²) in [6.07, 6.45) is -0.478. The van der Waals surface area contributed by atoms with Gasteiger partial charge in [-0.1, -0.05) is 6.07 Å². The first kappa shape index (κ1) is 23.0. The molecule has 174 valence electrons. The molecular formula is C23H23NO8S. The third-order valence-electron chi connectivity index (χ3n) is 5.27. The molecule has 1 aromatic heterocycles. The lowest BCUT2D eigenvalue weighted by atomic mass is 10.1. The van der Waals surface area contributed by atoms with Gasteiger partial charge >= 0.3 is 11.6 Å². The Morgan fingerprint density at radius 1 is 1.12 bits per heavy atom. The predicted octanol–water partition coefficient (Wildman–Crippen LogP) is 2.65. The summed E-state index contributed by atoms with van der Waals surface area (Å²) in [6, 6.07) is 11.1. The van der Waals surface area contributed by atoms with Crippen molar-refractivity contribution in [3.05, 3.63) is 70.1 Å². The van der Waals surface area contributed by atoms with Crippen molar-refractivity contribution in [2.24, 2.45) is 0 Å². The average molecular weight is 474 g/mol. The SMILES string of the molecule is C[C@@H]1CN(S(=O)(=O)c2cccc(C(=O)OCc3cc(=O)oc4cc(O)ccc34)c2)C[C@H](C)O1. The van der Waals surface area contributed by atoms with Crippen molar-refractivity contribution in [1.82, 2.24) is 4.31 Å². The Bertz CT molecular complexity index is 1350. The molecule has 1 aliphatic rings. The van der Waals surface area contributed by atoms with Crippen molar-refractivity contribution < 1.29 is 32.2 Å². The minimum Gasteiger partial charge on any atom is -0.508 e. The molecule has 2 aromatic carbocycles. The first-order chi connectivity index (χ1) is 15.6. The molecule has 33 heavy (non-hydrogen) atoms. The number of carbonyl (C=O) groups is 1. The van der Waals surface area contributed by atoms with Gasteiger partial charge in [0.05, 0.1) is 22.7 Å². The van der Waals surface area contributed by atoms with Gasteiger partial charge in [0.15, 0.2) is 0 Å². The second kappa shape index (κ2) is 8.97. The van der Waals surface area contributed by atoms with Crippen molar-refractivity contribution in [3.63, 3.8) is 0 Å². The van der Waals surface area contributed by atoms with Crippen LogP contribution in [0.4, 0.5) is 0 Å². The fourth-order valence-electron chi connectivity index (χ4n) is 3.82. The normalized spacial score (nSPS) is 19.5. The van der Waals surface area contributed by atoms with Crippen LogP contribution < -0.4 is 5.63 Å². The van der Waals surface area contributed by atoms with Crippen LogP contribution in [0.5, 0.6) is 5.75 Å². The highest BCUT2D eigenvalue weighted by molar-refractivity contribution is 7.89. The van der Waals surface area contributed by atoms with E-state index in [1.54, 1.807) is 19.9 Å². The molecule has 3 aromatic rings. The maximum atomic E-state index is 13.1. The van der Waals surface area contributed by atoms with Crippen LogP contribution in [0, 0.1) is 0 Å². The summed E-state index contributed by atoms with van der Waals surface area (Å²) < 4.78 is 43.6. The summed E-state index contributed by atoms with van der Waals surface area (Å²) in [6.45, 7) is 3.82. The van der Waals surface area contributed by atoms with Crippen LogP contribution in [-0.4, -0.2) is 49.1 Å². The Morgan fingerprint density at radius 3 is 2.58 bits per heavy atom. The maximum Gasteiger partial charge on any atom is 0.338 e. The Kier molecular flexibility index (Phi) is 6.24. The van der Waals surface area contributed by atoms with Crippen molar-refractivity contribution in [3.8, 4) is 5.75 Å². The first-order valence-electron chi connectivity index (χ1n) is 10.3. The molecule has 10 heteroatoms. The zero-order valence-electron chi connectivity index (χ0n) is 18.1. The molecule has 0 amide bonds. The van der Waals surface area contributed by atoms with E-state index < -0.39 is 21.6 Å². The molecule has 1 N–H and O–H groups in total. The number of ether oxygens (including phenoxy) is 2. The van der Waals surface area contributed by atoms with Crippen LogP contribution in [0.1, 0.15) is 29.8 Å².